The summed E-state index contributed by atoms with van der Waals surface area (Å²) < 4.78 is 5.16. The van der Waals surface area contributed by atoms with Crippen LogP contribution in [0.1, 0.15) is 6.92 Å². The van der Waals surface area contributed by atoms with Gasteiger partial charge in [0.15, 0.2) is 0 Å². The van der Waals surface area contributed by atoms with Gasteiger partial charge in [-0.1, -0.05) is 0 Å². The first-order chi connectivity index (χ1) is 10.8. The van der Waals surface area contributed by atoms with E-state index in [1.165, 1.54) is 6.92 Å². The van der Waals surface area contributed by atoms with E-state index < -0.39 is 54.6 Å². The third-order valence-electron chi connectivity index (χ3n) is 3.13. The van der Waals surface area contributed by atoms with Gasteiger partial charge in [0.1, 0.15) is 18.3 Å². The van der Waals surface area contributed by atoms with Crippen LogP contribution in [-0.4, -0.2) is 75.6 Å². The number of hydrogen-bond donors (Lipinski definition) is 7. The molecule has 11 nitrogen and oxygen atoms in total. The number of carboxylic acids is 1. The Morgan fingerprint density at radius 1 is 1.52 bits per heavy atom. The Balaban J connectivity index is 3.22. The highest BCUT2D eigenvalue weighted by atomic mass is 16.5. The Kier molecular flexibility index (Phi) is 6.90. The molecule has 2 unspecified atom stereocenters. The summed E-state index contributed by atoms with van der Waals surface area (Å²) in [6, 6.07) is -1.92. The molecule has 11 heteroatoms. The van der Waals surface area contributed by atoms with Gasteiger partial charge in [-0.3, -0.25) is 9.79 Å². The Morgan fingerprint density at radius 3 is 2.65 bits per heavy atom. The molecule has 1 heterocycles. The molecule has 0 aliphatic carbocycles. The topological polar surface area (TPSA) is 187 Å². The van der Waals surface area contributed by atoms with Gasteiger partial charge in [0.25, 0.3) is 0 Å². The van der Waals surface area contributed by atoms with Gasteiger partial charge in [0, 0.05) is 6.92 Å². The molecule has 0 aromatic heterocycles. The normalized spacial score (nSPS) is 26.8. The van der Waals surface area contributed by atoms with E-state index in [-0.39, 0.29) is 0 Å². The van der Waals surface area contributed by atoms with Gasteiger partial charge in [-0.15, -0.1) is 0 Å². The van der Waals surface area contributed by atoms with Gasteiger partial charge in [-0.2, -0.15) is 0 Å². The highest BCUT2D eigenvalue weighted by Gasteiger charge is 2.43. The lowest BCUT2D eigenvalue weighted by molar-refractivity contribution is -0.145. The number of aliphatic hydroxyl groups is 3. The van der Waals surface area contributed by atoms with Crippen LogP contribution in [0.15, 0.2) is 16.8 Å². The molecule has 0 radical (unpaired) electrons. The average Bonchev–Trinajstić information content (AvgIpc) is 2.51. The van der Waals surface area contributed by atoms with Crippen molar-refractivity contribution in [3.8, 4) is 0 Å². The number of aliphatic carboxylic acids is 1. The van der Waals surface area contributed by atoms with E-state index in [4.69, 9.17) is 20.8 Å². The number of carbonyl (C=O) groups excluding carboxylic acids is 1. The molecular weight excluding hydrogens is 312 g/mol. The summed E-state index contributed by atoms with van der Waals surface area (Å²) in [5.41, 5.74) is 2.14. The summed E-state index contributed by atoms with van der Waals surface area (Å²) in [6.07, 6.45) is -2.40. The molecule has 1 aliphatic rings. The lowest BCUT2D eigenvalue weighted by atomic mass is 9.92. The van der Waals surface area contributed by atoms with Crippen molar-refractivity contribution in [3.63, 3.8) is 0 Å². The second kappa shape index (κ2) is 8.43. The van der Waals surface area contributed by atoms with Gasteiger partial charge in [0.05, 0.1) is 25.0 Å². The Bertz CT molecular complexity index is 496. The third kappa shape index (κ3) is 4.89. The summed E-state index contributed by atoms with van der Waals surface area (Å²) in [5.74, 6) is 2.66. The quantitative estimate of drug-likeness (QED) is 0.107. The average molecular weight is 332 g/mol. The minimum atomic E-state index is -1.66. The van der Waals surface area contributed by atoms with Crippen molar-refractivity contribution in [1.29, 1.82) is 0 Å². The van der Waals surface area contributed by atoms with Gasteiger partial charge in [0.2, 0.25) is 11.7 Å². The lowest BCUT2D eigenvalue weighted by Gasteiger charge is -2.38. The van der Waals surface area contributed by atoms with Crippen LogP contribution in [0.5, 0.6) is 0 Å². The Hall–Kier alpha value is -2.21. The summed E-state index contributed by atoms with van der Waals surface area (Å²) >= 11 is 0. The number of ether oxygens (including phenoxy) is 1. The largest absolute Gasteiger partial charge is 0.478 e. The zero-order valence-corrected chi connectivity index (χ0v) is 12.3. The minimum absolute atomic E-state index is 0.484. The van der Waals surface area contributed by atoms with Crippen LogP contribution in [0, 0.1) is 0 Å². The van der Waals surface area contributed by atoms with E-state index in [0.29, 0.717) is 0 Å². The number of rotatable bonds is 7. The molecule has 8 N–H and O–H groups in total. The highest BCUT2D eigenvalue weighted by Crippen LogP contribution is 2.24. The molecular formula is C12H20N4O7. The molecule has 0 aromatic rings. The van der Waals surface area contributed by atoms with Crippen molar-refractivity contribution in [1.82, 2.24) is 10.7 Å². The van der Waals surface area contributed by atoms with Crippen LogP contribution in [0.4, 0.5) is 0 Å². The predicted molar refractivity (Wildman–Crippen MR) is 76.9 cm³/mol. The Labute approximate surface area is 131 Å². The highest BCUT2D eigenvalue weighted by molar-refractivity contribution is 5.85. The number of carbonyl (C=O) groups is 2. The summed E-state index contributed by atoms with van der Waals surface area (Å²) in [4.78, 5) is 26.4. The number of hydrogen-bond acceptors (Lipinski definition) is 8. The van der Waals surface area contributed by atoms with Crippen molar-refractivity contribution in [2.75, 3.05) is 6.61 Å². The maximum Gasteiger partial charge on any atom is 0.370 e. The van der Waals surface area contributed by atoms with E-state index in [1.807, 2.05) is 0 Å². The minimum Gasteiger partial charge on any atom is -0.478 e. The van der Waals surface area contributed by atoms with Crippen molar-refractivity contribution >= 4 is 18.2 Å². The molecule has 0 aromatic carbocycles. The molecule has 0 saturated carbocycles. The third-order valence-corrected chi connectivity index (χ3v) is 3.13. The van der Waals surface area contributed by atoms with Gasteiger partial charge < -0.3 is 35.9 Å². The van der Waals surface area contributed by atoms with Crippen molar-refractivity contribution in [2.45, 2.75) is 37.3 Å². The molecule has 5 atom stereocenters. The zero-order valence-electron chi connectivity index (χ0n) is 12.3. The van der Waals surface area contributed by atoms with E-state index in [0.717, 1.165) is 12.4 Å². The van der Waals surface area contributed by atoms with Gasteiger partial charge in [-0.25, -0.2) is 10.6 Å². The fourth-order valence-corrected chi connectivity index (χ4v) is 2.11. The standard InChI is InChI=1S/C12H20N4O7/c1-5(18)16-9-6(14-4-15-13)2-8(12(21)22)23-11(9)10(20)7(19)3-17/h2,4,6-7,9-11,17,19-20H,3,13H2,1H3,(H,14,15)(H,16,18)(H,21,22)/t6-,7?,9+,10?,11+/m0/s1. The van der Waals surface area contributed by atoms with Crippen molar-refractivity contribution in [2.24, 2.45) is 10.8 Å². The first kappa shape index (κ1) is 18.8. The monoisotopic (exact) mass is 332 g/mol. The molecule has 1 aliphatic heterocycles. The van der Waals surface area contributed by atoms with E-state index >= 15 is 0 Å². The number of nitrogens with zero attached hydrogens (tertiary/aromatic N) is 1. The number of hydrazine groups is 1. The van der Waals surface area contributed by atoms with E-state index in [1.54, 1.807) is 0 Å². The van der Waals surface area contributed by atoms with E-state index in [9.17, 15) is 19.8 Å². The molecule has 0 fully saturated rings. The van der Waals surface area contributed by atoms with Crippen LogP contribution < -0.4 is 16.6 Å². The number of aliphatic hydroxyl groups excluding tert-OH is 3. The molecule has 0 bridgehead atoms. The van der Waals surface area contributed by atoms with E-state index in [2.05, 4.69) is 15.7 Å². The molecule has 130 valence electrons. The molecule has 0 spiro atoms. The summed E-state index contributed by atoms with van der Waals surface area (Å²) in [7, 11) is 0. The van der Waals surface area contributed by atoms with Gasteiger partial charge >= 0.3 is 5.97 Å². The fourth-order valence-electron chi connectivity index (χ4n) is 2.11. The molecule has 23 heavy (non-hydrogen) atoms. The summed E-state index contributed by atoms with van der Waals surface area (Å²) in [6.45, 7) is 0.433. The maximum absolute atomic E-state index is 11.4. The Morgan fingerprint density at radius 2 is 2.17 bits per heavy atom. The van der Waals surface area contributed by atoms with Crippen LogP contribution in [0.3, 0.4) is 0 Å². The number of amides is 1. The number of nitrogens with two attached hydrogens (primary N) is 1. The zero-order chi connectivity index (χ0) is 17.6. The van der Waals surface area contributed by atoms with Crippen LogP contribution in [-0.2, 0) is 14.3 Å². The number of aliphatic imine (C=N–C) groups is 1. The second-order valence-corrected chi connectivity index (χ2v) is 4.82. The van der Waals surface area contributed by atoms with Crippen molar-refractivity contribution < 1.29 is 34.8 Å². The van der Waals surface area contributed by atoms with Crippen LogP contribution >= 0.6 is 0 Å². The SMILES string of the molecule is CC(=O)N[C@@H]1[C@@H](N=CNN)C=C(C(=O)O)O[C@H]1C(O)C(O)CO. The van der Waals surface area contributed by atoms with Crippen LogP contribution in [0.2, 0.25) is 0 Å². The maximum atomic E-state index is 11.4. The first-order valence-corrected chi connectivity index (χ1v) is 6.65. The first-order valence-electron chi connectivity index (χ1n) is 6.65. The molecule has 1 amide bonds. The molecule has 1 rings (SSSR count). The predicted octanol–water partition coefficient (Wildman–Crippen LogP) is -3.57. The molecule has 0 saturated heterocycles. The van der Waals surface area contributed by atoms with Crippen LogP contribution in [0.25, 0.3) is 0 Å². The van der Waals surface area contributed by atoms with Crippen molar-refractivity contribution in [3.05, 3.63) is 11.8 Å². The van der Waals surface area contributed by atoms with Gasteiger partial charge in [-0.05, 0) is 6.08 Å². The summed E-state index contributed by atoms with van der Waals surface area (Å²) in [5, 5.41) is 40.2. The fraction of sp³-hybridized carbons (Fsp3) is 0.583. The number of carboxylic acid groups (broad SMARTS) is 1. The second-order valence-electron chi connectivity index (χ2n) is 4.82. The lowest BCUT2D eigenvalue weighted by Crippen LogP contribution is -2.59. The number of nitrogens with one attached hydrogen (secondary N) is 2. The smallest absolute Gasteiger partial charge is 0.370 e.